The van der Waals surface area contributed by atoms with Crippen LogP contribution in [0.4, 0.5) is 0 Å². The molecule has 0 spiro atoms. The smallest absolute Gasteiger partial charge is 0.175 e. The van der Waals surface area contributed by atoms with Crippen molar-refractivity contribution in [2.45, 2.75) is 10.8 Å². The Morgan fingerprint density at radius 1 is 1.24 bits per heavy atom. The second-order valence-electron chi connectivity index (χ2n) is 5.24. The molecule has 0 aliphatic carbocycles. The van der Waals surface area contributed by atoms with Gasteiger partial charge in [0, 0.05) is 53.3 Å². The summed E-state index contributed by atoms with van der Waals surface area (Å²) in [5.41, 5.74) is 2.74. The summed E-state index contributed by atoms with van der Waals surface area (Å²) in [5.74, 6) is 0.488. The van der Waals surface area contributed by atoms with Crippen molar-refractivity contribution in [3.05, 3.63) is 47.2 Å². The van der Waals surface area contributed by atoms with Crippen LogP contribution in [-0.4, -0.2) is 32.7 Å². The molecule has 0 bridgehead atoms. The highest BCUT2D eigenvalue weighted by Crippen LogP contribution is 2.30. The van der Waals surface area contributed by atoms with Crippen molar-refractivity contribution in [3.63, 3.8) is 0 Å². The molecule has 1 aliphatic rings. The van der Waals surface area contributed by atoms with Crippen molar-refractivity contribution in [2.24, 2.45) is 0 Å². The molecule has 1 N–H and O–H groups in total. The first-order chi connectivity index (χ1) is 9.95. The Hall–Kier alpha value is -1.43. The molecule has 0 unspecified atom stereocenters. The number of sulfone groups is 1. The molecule has 1 fully saturated rings. The lowest BCUT2D eigenvalue weighted by atomic mass is 9.97. The number of nitrogens with zero attached hydrogens (tertiary/aromatic N) is 1. The summed E-state index contributed by atoms with van der Waals surface area (Å²) < 4.78 is 23.0. The zero-order chi connectivity index (χ0) is 15.0. The molecule has 1 aliphatic heterocycles. The van der Waals surface area contributed by atoms with E-state index in [4.69, 9.17) is 11.6 Å². The Morgan fingerprint density at radius 2 is 2.00 bits per heavy atom. The number of aromatic nitrogens is 1. The summed E-state index contributed by atoms with van der Waals surface area (Å²) in [6.45, 7) is 1.94. The third kappa shape index (κ3) is 2.95. The summed E-state index contributed by atoms with van der Waals surface area (Å²) in [6, 6.07) is 8.75. The second-order valence-corrected chi connectivity index (χ2v) is 7.66. The SMILES string of the molecule is CS(=O)(=O)c1ccc(-c2ccc(C3CNC3)nc2)c(Cl)c1. The topological polar surface area (TPSA) is 59.1 Å². The standard InChI is InChI=1S/C15H15ClN2O2S/c1-21(19,20)12-3-4-13(14(16)6-12)10-2-5-15(18-9-10)11-7-17-8-11/h2-6,9,11,17H,7-8H2,1H3. The van der Waals surface area contributed by atoms with Gasteiger partial charge in [-0.25, -0.2) is 8.42 Å². The highest BCUT2D eigenvalue weighted by molar-refractivity contribution is 7.90. The Bertz CT molecular complexity index is 769. The molecule has 21 heavy (non-hydrogen) atoms. The molecule has 1 aromatic heterocycles. The third-order valence-electron chi connectivity index (χ3n) is 3.67. The van der Waals surface area contributed by atoms with Gasteiger partial charge in [0.15, 0.2) is 9.84 Å². The van der Waals surface area contributed by atoms with Crippen LogP contribution in [0.1, 0.15) is 11.6 Å². The molecule has 0 atom stereocenters. The summed E-state index contributed by atoms with van der Waals surface area (Å²) in [7, 11) is -3.25. The van der Waals surface area contributed by atoms with Crippen LogP contribution in [0.2, 0.25) is 5.02 Å². The third-order valence-corrected chi connectivity index (χ3v) is 5.09. The summed E-state index contributed by atoms with van der Waals surface area (Å²) in [6.07, 6.45) is 2.95. The van der Waals surface area contributed by atoms with Gasteiger partial charge in [-0.05, 0) is 18.2 Å². The van der Waals surface area contributed by atoms with E-state index in [1.54, 1.807) is 18.3 Å². The summed E-state index contributed by atoms with van der Waals surface area (Å²) in [5, 5.41) is 3.63. The first-order valence-corrected chi connectivity index (χ1v) is 8.89. The van der Waals surface area contributed by atoms with Crippen LogP contribution in [-0.2, 0) is 9.84 Å². The van der Waals surface area contributed by atoms with Crippen LogP contribution in [0, 0.1) is 0 Å². The van der Waals surface area contributed by atoms with Crippen LogP contribution in [0.5, 0.6) is 0 Å². The van der Waals surface area contributed by atoms with Crippen LogP contribution in [0.15, 0.2) is 41.4 Å². The van der Waals surface area contributed by atoms with Crippen molar-refractivity contribution in [1.29, 1.82) is 0 Å². The van der Waals surface area contributed by atoms with E-state index >= 15 is 0 Å². The van der Waals surface area contributed by atoms with Crippen LogP contribution >= 0.6 is 11.6 Å². The summed E-state index contributed by atoms with van der Waals surface area (Å²) in [4.78, 5) is 4.70. The lowest BCUT2D eigenvalue weighted by Gasteiger charge is -2.26. The van der Waals surface area contributed by atoms with Crippen molar-refractivity contribution in [1.82, 2.24) is 10.3 Å². The fourth-order valence-corrected chi connectivity index (χ4v) is 3.27. The minimum atomic E-state index is -3.25. The van der Waals surface area contributed by atoms with Gasteiger partial charge in [0.25, 0.3) is 0 Å². The fraction of sp³-hybridized carbons (Fsp3) is 0.267. The number of halogens is 1. The Morgan fingerprint density at radius 3 is 2.48 bits per heavy atom. The first-order valence-electron chi connectivity index (χ1n) is 6.62. The van der Waals surface area contributed by atoms with Crippen molar-refractivity contribution in [2.75, 3.05) is 19.3 Å². The number of hydrogen-bond donors (Lipinski definition) is 1. The molecule has 4 nitrogen and oxygen atoms in total. The van der Waals surface area contributed by atoms with E-state index in [1.807, 2.05) is 12.1 Å². The van der Waals surface area contributed by atoms with Gasteiger partial charge >= 0.3 is 0 Å². The minimum Gasteiger partial charge on any atom is -0.315 e. The van der Waals surface area contributed by atoms with E-state index < -0.39 is 9.84 Å². The van der Waals surface area contributed by atoms with E-state index in [1.165, 1.54) is 12.3 Å². The average Bonchev–Trinajstić information content (AvgIpc) is 2.37. The fourth-order valence-electron chi connectivity index (χ4n) is 2.26. The molecule has 3 rings (SSSR count). The van der Waals surface area contributed by atoms with Gasteiger partial charge in [0.1, 0.15) is 0 Å². The van der Waals surface area contributed by atoms with Crippen molar-refractivity contribution >= 4 is 21.4 Å². The molecule has 2 aromatic rings. The maximum absolute atomic E-state index is 11.5. The molecule has 1 aromatic carbocycles. The van der Waals surface area contributed by atoms with Gasteiger partial charge in [0.2, 0.25) is 0 Å². The molecule has 0 saturated carbocycles. The van der Waals surface area contributed by atoms with E-state index in [0.29, 0.717) is 10.9 Å². The van der Waals surface area contributed by atoms with Gasteiger partial charge < -0.3 is 5.32 Å². The molecule has 0 amide bonds. The maximum Gasteiger partial charge on any atom is 0.175 e. The Labute approximate surface area is 129 Å². The van der Waals surface area contributed by atoms with E-state index in [2.05, 4.69) is 10.3 Å². The van der Waals surface area contributed by atoms with E-state index in [-0.39, 0.29) is 4.90 Å². The van der Waals surface area contributed by atoms with Crippen molar-refractivity contribution < 1.29 is 8.42 Å². The van der Waals surface area contributed by atoms with Crippen LogP contribution in [0.25, 0.3) is 11.1 Å². The minimum absolute atomic E-state index is 0.223. The average molecular weight is 323 g/mol. The molecule has 0 radical (unpaired) electrons. The number of rotatable bonds is 3. The maximum atomic E-state index is 11.5. The van der Waals surface area contributed by atoms with Crippen molar-refractivity contribution in [3.8, 4) is 11.1 Å². The number of nitrogens with one attached hydrogen (secondary N) is 1. The van der Waals surface area contributed by atoms with Gasteiger partial charge in [-0.2, -0.15) is 0 Å². The zero-order valence-electron chi connectivity index (χ0n) is 11.5. The molecule has 1 saturated heterocycles. The quantitative estimate of drug-likeness (QED) is 0.943. The predicted molar refractivity (Wildman–Crippen MR) is 83.4 cm³/mol. The molecular formula is C15H15ClN2O2S. The highest BCUT2D eigenvalue weighted by atomic mass is 35.5. The van der Waals surface area contributed by atoms with Gasteiger partial charge in [0.05, 0.1) is 4.90 Å². The molecular weight excluding hydrogens is 308 g/mol. The number of pyridine rings is 1. The van der Waals surface area contributed by atoms with Crippen LogP contribution < -0.4 is 5.32 Å². The van der Waals surface area contributed by atoms with Gasteiger partial charge in [-0.15, -0.1) is 0 Å². The predicted octanol–water partition coefficient (Wildman–Crippen LogP) is 2.49. The summed E-state index contributed by atoms with van der Waals surface area (Å²) >= 11 is 6.21. The number of benzene rings is 1. The largest absolute Gasteiger partial charge is 0.315 e. The zero-order valence-corrected chi connectivity index (χ0v) is 13.1. The lowest BCUT2D eigenvalue weighted by Crippen LogP contribution is -2.40. The normalized spacial score (nSPS) is 15.7. The molecule has 6 heteroatoms. The monoisotopic (exact) mass is 322 g/mol. The van der Waals surface area contributed by atoms with E-state index in [0.717, 1.165) is 29.9 Å². The first kappa shape index (κ1) is 14.5. The molecule has 2 heterocycles. The van der Waals surface area contributed by atoms with Gasteiger partial charge in [-0.1, -0.05) is 23.7 Å². The van der Waals surface area contributed by atoms with Crippen LogP contribution in [0.3, 0.4) is 0 Å². The van der Waals surface area contributed by atoms with Gasteiger partial charge in [-0.3, -0.25) is 4.98 Å². The molecule has 110 valence electrons. The number of hydrogen-bond acceptors (Lipinski definition) is 4. The Kier molecular flexibility index (Phi) is 3.73. The van der Waals surface area contributed by atoms with E-state index in [9.17, 15) is 8.42 Å². The highest BCUT2D eigenvalue weighted by Gasteiger charge is 2.20. The second kappa shape index (κ2) is 5.40. The lowest BCUT2D eigenvalue weighted by molar-refractivity contribution is 0.440. The Balaban J connectivity index is 1.93.